The third-order valence-corrected chi connectivity index (χ3v) is 2.22. The van der Waals surface area contributed by atoms with Crippen LogP contribution < -0.4 is 0 Å². The van der Waals surface area contributed by atoms with Crippen molar-refractivity contribution in [2.45, 2.75) is 32.5 Å². The molecule has 0 spiro atoms. The maximum Gasteiger partial charge on any atom is 0.164 e. The Balaban J connectivity index is 2.52. The van der Waals surface area contributed by atoms with Crippen LogP contribution in [-0.2, 0) is 14.3 Å². The first-order valence-corrected chi connectivity index (χ1v) is 3.88. The molecule has 0 aromatic carbocycles. The highest BCUT2D eigenvalue weighted by molar-refractivity contribution is 5.86. The highest BCUT2D eigenvalue weighted by Gasteiger charge is 2.49. The van der Waals surface area contributed by atoms with E-state index in [4.69, 9.17) is 9.47 Å². The molecule has 0 amide bonds. The van der Waals surface area contributed by atoms with E-state index in [1.165, 1.54) is 6.92 Å². The van der Waals surface area contributed by atoms with Crippen LogP contribution >= 0.6 is 0 Å². The van der Waals surface area contributed by atoms with Gasteiger partial charge in [-0.3, -0.25) is 4.79 Å². The molecule has 1 aliphatic heterocycles. The minimum atomic E-state index is -0.671. The van der Waals surface area contributed by atoms with Gasteiger partial charge in [-0.1, -0.05) is 0 Å². The minimum Gasteiger partial charge on any atom is -0.373 e. The Morgan fingerprint density at radius 3 is 2.73 bits per heavy atom. The van der Waals surface area contributed by atoms with Crippen molar-refractivity contribution in [3.8, 4) is 0 Å². The molecule has 11 heavy (non-hydrogen) atoms. The molecular formula is C8H14O3. The number of ketones is 1. The number of rotatable bonds is 3. The van der Waals surface area contributed by atoms with E-state index in [1.54, 1.807) is 6.92 Å². The molecule has 1 rings (SSSR count). The molecule has 0 aromatic heterocycles. The average Bonchev–Trinajstić information content (AvgIpc) is 1.96. The molecule has 0 N–H and O–H groups in total. The lowest BCUT2D eigenvalue weighted by Crippen LogP contribution is -2.61. The van der Waals surface area contributed by atoms with E-state index >= 15 is 0 Å². The minimum absolute atomic E-state index is 0.0370. The van der Waals surface area contributed by atoms with Crippen LogP contribution in [0.2, 0.25) is 0 Å². The summed E-state index contributed by atoms with van der Waals surface area (Å²) in [7, 11) is 0. The first kappa shape index (κ1) is 8.68. The SMILES string of the molecule is CCO[C@@H]1CO[C@]1(C)C(C)=O. The molecule has 0 radical (unpaired) electrons. The Hall–Kier alpha value is -0.410. The molecule has 2 atom stereocenters. The van der Waals surface area contributed by atoms with Crippen LogP contribution in [0, 0.1) is 0 Å². The molecule has 0 unspecified atom stereocenters. The third-order valence-electron chi connectivity index (χ3n) is 2.22. The fourth-order valence-corrected chi connectivity index (χ4v) is 1.14. The van der Waals surface area contributed by atoms with E-state index in [9.17, 15) is 4.79 Å². The summed E-state index contributed by atoms with van der Waals surface area (Å²) >= 11 is 0. The summed E-state index contributed by atoms with van der Waals surface area (Å²) in [6, 6.07) is 0. The van der Waals surface area contributed by atoms with Crippen LogP contribution in [0.5, 0.6) is 0 Å². The highest BCUT2D eigenvalue weighted by Crippen LogP contribution is 2.29. The van der Waals surface area contributed by atoms with Crippen LogP contribution in [0.4, 0.5) is 0 Å². The molecule has 0 aliphatic carbocycles. The van der Waals surface area contributed by atoms with Gasteiger partial charge >= 0.3 is 0 Å². The molecule has 0 bridgehead atoms. The first-order chi connectivity index (χ1) is 5.11. The lowest BCUT2D eigenvalue weighted by molar-refractivity contribution is -0.236. The quantitative estimate of drug-likeness (QED) is 0.608. The van der Waals surface area contributed by atoms with Gasteiger partial charge in [-0.15, -0.1) is 0 Å². The van der Waals surface area contributed by atoms with Crippen LogP contribution in [0.15, 0.2) is 0 Å². The van der Waals surface area contributed by atoms with Crippen molar-refractivity contribution < 1.29 is 14.3 Å². The van der Waals surface area contributed by atoms with Crippen LogP contribution in [0.3, 0.4) is 0 Å². The van der Waals surface area contributed by atoms with E-state index in [0.29, 0.717) is 13.2 Å². The molecule has 1 heterocycles. The van der Waals surface area contributed by atoms with Gasteiger partial charge in [0.1, 0.15) is 6.10 Å². The standard InChI is InChI=1S/C8H14O3/c1-4-10-7-5-11-8(7,3)6(2)9/h7H,4-5H2,1-3H3/t7-,8-/m1/s1. The zero-order valence-corrected chi connectivity index (χ0v) is 7.22. The lowest BCUT2D eigenvalue weighted by Gasteiger charge is -2.44. The smallest absolute Gasteiger partial charge is 0.164 e. The van der Waals surface area contributed by atoms with Crippen molar-refractivity contribution in [3.63, 3.8) is 0 Å². The summed E-state index contributed by atoms with van der Waals surface area (Å²) in [4.78, 5) is 11.0. The van der Waals surface area contributed by atoms with Crippen molar-refractivity contribution in [3.05, 3.63) is 0 Å². The summed E-state index contributed by atoms with van der Waals surface area (Å²) in [6.07, 6.45) is -0.0370. The van der Waals surface area contributed by atoms with E-state index in [0.717, 1.165) is 0 Å². The second kappa shape index (κ2) is 2.91. The topological polar surface area (TPSA) is 35.5 Å². The maximum atomic E-state index is 11.0. The number of carbonyl (C=O) groups is 1. The zero-order chi connectivity index (χ0) is 8.48. The maximum absolute atomic E-state index is 11.0. The van der Waals surface area contributed by atoms with E-state index < -0.39 is 5.60 Å². The molecule has 3 heteroatoms. The molecule has 0 saturated carbocycles. The Labute approximate surface area is 66.7 Å². The van der Waals surface area contributed by atoms with Crippen molar-refractivity contribution in [1.82, 2.24) is 0 Å². The van der Waals surface area contributed by atoms with Gasteiger partial charge in [0.15, 0.2) is 11.4 Å². The van der Waals surface area contributed by atoms with Crippen LogP contribution in [0.1, 0.15) is 20.8 Å². The molecular weight excluding hydrogens is 144 g/mol. The summed E-state index contributed by atoms with van der Waals surface area (Å²) < 4.78 is 10.5. The fraction of sp³-hybridized carbons (Fsp3) is 0.875. The van der Waals surface area contributed by atoms with E-state index in [-0.39, 0.29) is 11.9 Å². The van der Waals surface area contributed by atoms with Crippen molar-refractivity contribution in [2.24, 2.45) is 0 Å². The van der Waals surface area contributed by atoms with Gasteiger partial charge < -0.3 is 9.47 Å². The summed E-state index contributed by atoms with van der Waals surface area (Å²) in [5, 5.41) is 0. The van der Waals surface area contributed by atoms with Crippen LogP contribution in [0.25, 0.3) is 0 Å². The second-order valence-electron chi connectivity index (χ2n) is 2.92. The molecule has 64 valence electrons. The molecule has 1 saturated heterocycles. The zero-order valence-electron chi connectivity index (χ0n) is 7.22. The predicted molar refractivity (Wildman–Crippen MR) is 40.5 cm³/mol. The monoisotopic (exact) mass is 158 g/mol. The average molecular weight is 158 g/mol. The number of hydrogen-bond acceptors (Lipinski definition) is 3. The van der Waals surface area contributed by atoms with Gasteiger partial charge in [-0.25, -0.2) is 0 Å². The summed E-state index contributed by atoms with van der Waals surface area (Å²) in [6.45, 7) is 6.41. The van der Waals surface area contributed by atoms with Gasteiger partial charge in [0, 0.05) is 6.61 Å². The van der Waals surface area contributed by atoms with Gasteiger partial charge in [0.2, 0.25) is 0 Å². The fourth-order valence-electron chi connectivity index (χ4n) is 1.14. The first-order valence-electron chi connectivity index (χ1n) is 3.88. The van der Waals surface area contributed by atoms with E-state index in [2.05, 4.69) is 0 Å². The number of hydrogen-bond donors (Lipinski definition) is 0. The molecule has 0 aromatic rings. The van der Waals surface area contributed by atoms with Gasteiger partial charge in [-0.2, -0.15) is 0 Å². The number of ether oxygens (including phenoxy) is 2. The number of Topliss-reactive ketones (excluding diaryl/α,β-unsaturated/α-hetero) is 1. The van der Waals surface area contributed by atoms with Gasteiger partial charge in [-0.05, 0) is 20.8 Å². The summed E-state index contributed by atoms with van der Waals surface area (Å²) in [5.74, 6) is 0.0437. The summed E-state index contributed by atoms with van der Waals surface area (Å²) in [5.41, 5.74) is -0.671. The van der Waals surface area contributed by atoms with Gasteiger partial charge in [0.05, 0.1) is 6.61 Å². The third kappa shape index (κ3) is 1.30. The van der Waals surface area contributed by atoms with Gasteiger partial charge in [0.25, 0.3) is 0 Å². The Bertz CT molecular complexity index is 167. The molecule has 1 fully saturated rings. The van der Waals surface area contributed by atoms with E-state index in [1.807, 2.05) is 6.92 Å². The number of carbonyl (C=O) groups excluding carboxylic acids is 1. The van der Waals surface area contributed by atoms with Crippen LogP contribution in [-0.4, -0.2) is 30.7 Å². The Morgan fingerprint density at radius 1 is 1.82 bits per heavy atom. The predicted octanol–water partition coefficient (Wildman–Crippen LogP) is 0.769. The van der Waals surface area contributed by atoms with Crippen molar-refractivity contribution in [1.29, 1.82) is 0 Å². The Kier molecular flexibility index (Phi) is 2.30. The largest absolute Gasteiger partial charge is 0.373 e. The molecule has 3 nitrogen and oxygen atoms in total. The van der Waals surface area contributed by atoms with Crippen molar-refractivity contribution >= 4 is 5.78 Å². The Morgan fingerprint density at radius 2 is 2.45 bits per heavy atom. The second-order valence-corrected chi connectivity index (χ2v) is 2.92. The normalized spacial score (nSPS) is 36.5. The lowest BCUT2D eigenvalue weighted by atomic mass is 9.90. The molecule has 1 aliphatic rings. The van der Waals surface area contributed by atoms with Crippen molar-refractivity contribution in [2.75, 3.05) is 13.2 Å². The highest BCUT2D eigenvalue weighted by atomic mass is 16.6.